The van der Waals surface area contributed by atoms with Crippen molar-refractivity contribution in [2.45, 2.75) is 69.7 Å². The van der Waals surface area contributed by atoms with Gasteiger partial charge in [0.1, 0.15) is 0 Å². The Morgan fingerprint density at radius 1 is 1.00 bits per heavy atom. The SMILES string of the molecule is CN(C)C1(CNCCC2CCCCC2)CCCC1. The monoisotopic (exact) mass is 252 g/mol. The van der Waals surface area contributed by atoms with E-state index in [9.17, 15) is 0 Å². The number of likely N-dealkylation sites (N-methyl/N-ethyl adjacent to an activating group) is 1. The highest BCUT2D eigenvalue weighted by molar-refractivity contribution is 4.94. The maximum absolute atomic E-state index is 3.76. The fraction of sp³-hybridized carbons (Fsp3) is 1.00. The van der Waals surface area contributed by atoms with Crippen LogP contribution in [0.2, 0.25) is 0 Å². The highest BCUT2D eigenvalue weighted by Crippen LogP contribution is 2.33. The summed E-state index contributed by atoms with van der Waals surface area (Å²) in [5.74, 6) is 1.02. The van der Waals surface area contributed by atoms with Gasteiger partial charge in [0.2, 0.25) is 0 Å². The number of hydrogen-bond acceptors (Lipinski definition) is 2. The molecule has 0 amide bonds. The van der Waals surface area contributed by atoms with Gasteiger partial charge in [-0.25, -0.2) is 0 Å². The summed E-state index contributed by atoms with van der Waals surface area (Å²) in [7, 11) is 4.52. The van der Waals surface area contributed by atoms with E-state index < -0.39 is 0 Å². The highest BCUT2D eigenvalue weighted by Gasteiger charge is 2.35. The molecule has 18 heavy (non-hydrogen) atoms. The molecule has 2 aliphatic carbocycles. The van der Waals surface area contributed by atoms with Gasteiger partial charge in [-0.2, -0.15) is 0 Å². The van der Waals surface area contributed by atoms with Crippen LogP contribution in [0.25, 0.3) is 0 Å². The molecule has 2 saturated carbocycles. The van der Waals surface area contributed by atoms with Crippen LogP contribution in [0.15, 0.2) is 0 Å². The van der Waals surface area contributed by atoms with Gasteiger partial charge in [-0.15, -0.1) is 0 Å². The third-order valence-corrected chi connectivity index (χ3v) is 5.39. The fourth-order valence-electron chi connectivity index (χ4n) is 3.92. The average molecular weight is 252 g/mol. The van der Waals surface area contributed by atoms with E-state index in [0.717, 1.165) is 5.92 Å². The molecule has 0 aromatic heterocycles. The zero-order valence-corrected chi connectivity index (χ0v) is 12.5. The van der Waals surface area contributed by atoms with Gasteiger partial charge in [-0.05, 0) is 45.8 Å². The topological polar surface area (TPSA) is 15.3 Å². The summed E-state index contributed by atoms with van der Waals surface area (Å²) < 4.78 is 0. The van der Waals surface area contributed by atoms with Crippen molar-refractivity contribution in [1.82, 2.24) is 10.2 Å². The number of nitrogens with zero attached hydrogens (tertiary/aromatic N) is 1. The van der Waals surface area contributed by atoms with E-state index in [4.69, 9.17) is 0 Å². The molecule has 0 aromatic rings. The molecule has 2 rings (SSSR count). The summed E-state index contributed by atoms with van der Waals surface area (Å²) in [6.07, 6.45) is 14.4. The van der Waals surface area contributed by atoms with Crippen molar-refractivity contribution >= 4 is 0 Å². The van der Waals surface area contributed by atoms with Crippen LogP contribution in [0.3, 0.4) is 0 Å². The van der Waals surface area contributed by atoms with Gasteiger partial charge >= 0.3 is 0 Å². The second kappa shape index (κ2) is 6.91. The predicted molar refractivity (Wildman–Crippen MR) is 78.9 cm³/mol. The lowest BCUT2D eigenvalue weighted by atomic mass is 9.87. The molecule has 1 N–H and O–H groups in total. The Kier molecular flexibility index (Phi) is 5.50. The zero-order valence-electron chi connectivity index (χ0n) is 12.5. The van der Waals surface area contributed by atoms with Gasteiger partial charge in [0.15, 0.2) is 0 Å². The van der Waals surface area contributed by atoms with E-state index in [1.807, 2.05) is 0 Å². The fourth-order valence-corrected chi connectivity index (χ4v) is 3.92. The maximum Gasteiger partial charge on any atom is 0.0327 e. The van der Waals surface area contributed by atoms with Crippen molar-refractivity contribution in [1.29, 1.82) is 0 Å². The van der Waals surface area contributed by atoms with Gasteiger partial charge in [0.05, 0.1) is 0 Å². The van der Waals surface area contributed by atoms with Gasteiger partial charge < -0.3 is 10.2 Å². The first-order valence-electron chi connectivity index (χ1n) is 8.11. The second-order valence-electron chi connectivity index (χ2n) is 6.80. The van der Waals surface area contributed by atoms with Crippen LogP contribution < -0.4 is 5.32 Å². The summed E-state index contributed by atoms with van der Waals surface area (Å²) in [5.41, 5.74) is 0.465. The van der Waals surface area contributed by atoms with Gasteiger partial charge in [-0.3, -0.25) is 0 Å². The Labute approximate surface area is 114 Å². The van der Waals surface area contributed by atoms with E-state index in [2.05, 4.69) is 24.3 Å². The van der Waals surface area contributed by atoms with Crippen LogP contribution >= 0.6 is 0 Å². The van der Waals surface area contributed by atoms with E-state index in [1.165, 1.54) is 77.3 Å². The molecule has 2 heteroatoms. The lowest BCUT2D eigenvalue weighted by Crippen LogP contribution is -2.49. The zero-order chi connectivity index (χ0) is 12.8. The first-order valence-corrected chi connectivity index (χ1v) is 8.11. The van der Waals surface area contributed by atoms with Gasteiger partial charge in [-0.1, -0.05) is 44.9 Å². The molecule has 0 bridgehead atoms. The van der Waals surface area contributed by atoms with Crippen molar-refractivity contribution in [3.63, 3.8) is 0 Å². The van der Waals surface area contributed by atoms with Crippen LogP contribution in [-0.2, 0) is 0 Å². The van der Waals surface area contributed by atoms with Crippen LogP contribution in [0.4, 0.5) is 0 Å². The summed E-state index contributed by atoms with van der Waals surface area (Å²) in [5, 5.41) is 3.76. The smallest absolute Gasteiger partial charge is 0.0327 e. The van der Waals surface area contributed by atoms with Crippen LogP contribution in [0.1, 0.15) is 64.2 Å². The molecule has 2 aliphatic rings. The third-order valence-electron chi connectivity index (χ3n) is 5.39. The third kappa shape index (κ3) is 3.71. The molecule has 106 valence electrons. The predicted octanol–water partition coefficient (Wildman–Crippen LogP) is 3.42. The molecule has 2 nitrogen and oxygen atoms in total. The summed E-state index contributed by atoms with van der Waals surface area (Å²) in [6, 6.07) is 0. The van der Waals surface area contributed by atoms with Crippen molar-refractivity contribution in [2.75, 3.05) is 27.2 Å². The van der Waals surface area contributed by atoms with E-state index in [0.29, 0.717) is 5.54 Å². The summed E-state index contributed by atoms with van der Waals surface area (Å²) >= 11 is 0. The quantitative estimate of drug-likeness (QED) is 0.729. The first-order chi connectivity index (χ1) is 8.73. The minimum absolute atomic E-state index is 0.465. The maximum atomic E-state index is 3.76. The molecule has 0 spiro atoms. The molecular formula is C16H32N2. The second-order valence-corrected chi connectivity index (χ2v) is 6.80. The molecule has 2 fully saturated rings. The van der Waals surface area contributed by atoms with Crippen molar-refractivity contribution in [3.05, 3.63) is 0 Å². The first kappa shape index (κ1) is 14.3. The van der Waals surface area contributed by atoms with Gasteiger partial charge in [0.25, 0.3) is 0 Å². The molecule has 0 heterocycles. The Morgan fingerprint density at radius 3 is 2.28 bits per heavy atom. The van der Waals surface area contributed by atoms with Crippen LogP contribution in [0, 0.1) is 5.92 Å². The molecular weight excluding hydrogens is 220 g/mol. The molecule has 0 aromatic carbocycles. The normalized spacial score (nSPS) is 24.8. The standard InChI is InChI=1S/C16H32N2/c1-18(2)16(11-6-7-12-16)14-17-13-10-15-8-4-3-5-9-15/h15,17H,3-14H2,1-2H3. The molecule has 0 radical (unpaired) electrons. The largest absolute Gasteiger partial charge is 0.315 e. The Morgan fingerprint density at radius 2 is 1.67 bits per heavy atom. The lowest BCUT2D eigenvalue weighted by Gasteiger charge is -2.37. The number of hydrogen-bond donors (Lipinski definition) is 1. The van der Waals surface area contributed by atoms with E-state index in [1.54, 1.807) is 0 Å². The Balaban J connectivity index is 1.64. The van der Waals surface area contributed by atoms with E-state index >= 15 is 0 Å². The van der Waals surface area contributed by atoms with Crippen molar-refractivity contribution in [3.8, 4) is 0 Å². The average Bonchev–Trinajstić information content (AvgIpc) is 2.86. The molecule has 0 atom stereocenters. The summed E-state index contributed by atoms with van der Waals surface area (Å²) in [4.78, 5) is 2.47. The Hall–Kier alpha value is -0.0800. The number of rotatable bonds is 6. The van der Waals surface area contributed by atoms with Gasteiger partial charge in [0, 0.05) is 12.1 Å². The molecule has 0 unspecified atom stereocenters. The van der Waals surface area contributed by atoms with E-state index in [-0.39, 0.29) is 0 Å². The molecule has 0 aliphatic heterocycles. The molecule has 0 saturated heterocycles. The van der Waals surface area contributed by atoms with Crippen molar-refractivity contribution in [2.24, 2.45) is 5.92 Å². The minimum atomic E-state index is 0.465. The van der Waals surface area contributed by atoms with Crippen LogP contribution in [0.5, 0.6) is 0 Å². The summed E-state index contributed by atoms with van der Waals surface area (Å²) in [6.45, 7) is 2.44. The highest BCUT2D eigenvalue weighted by atomic mass is 15.2. The van der Waals surface area contributed by atoms with Crippen molar-refractivity contribution < 1.29 is 0 Å². The Bertz CT molecular complexity index is 225. The minimum Gasteiger partial charge on any atom is -0.315 e. The van der Waals surface area contributed by atoms with Crippen LogP contribution in [-0.4, -0.2) is 37.6 Å². The number of nitrogens with one attached hydrogen (secondary N) is 1. The lowest BCUT2D eigenvalue weighted by molar-refractivity contribution is 0.153.